The van der Waals surface area contributed by atoms with Crippen LogP contribution >= 0.6 is 0 Å². The first-order chi connectivity index (χ1) is 71.1. The highest BCUT2D eigenvalue weighted by Gasteiger charge is 2.50. The number of ether oxygens (including phenoxy) is 12. The van der Waals surface area contributed by atoms with Crippen LogP contribution in [-0.2, 0) is 53.5 Å². The first-order valence-electron chi connectivity index (χ1n) is 53.3. The number of carbonyl (C=O) groups is 2. The van der Waals surface area contributed by atoms with E-state index >= 15 is 0 Å². The molecule has 8 aromatic rings. The quantitative estimate of drug-likeness (QED) is 0.0153. The number of amides is 2. The molecule has 7 unspecified atom stereocenters. The van der Waals surface area contributed by atoms with Crippen LogP contribution in [0, 0.1) is 40.8 Å². The van der Waals surface area contributed by atoms with Crippen molar-refractivity contribution in [3.8, 4) is 91.2 Å². The number of carbonyl (C=O) groups excluding carboxylic acids is 2. The van der Waals surface area contributed by atoms with Crippen molar-refractivity contribution in [2.24, 2.45) is 0 Å². The lowest BCUT2D eigenvalue weighted by atomic mass is 9.81. The van der Waals surface area contributed by atoms with Crippen LogP contribution in [0.3, 0.4) is 0 Å². The van der Waals surface area contributed by atoms with Gasteiger partial charge in [0.25, 0.3) is 29.0 Å². The number of aromatic hydroxyl groups is 2. The van der Waals surface area contributed by atoms with Crippen molar-refractivity contribution in [2.75, 3.05) is 129 Å². The molecule has 2 fully saturated rings. The van der Waals surface area contributed by atoms with Gasteiger partial charge in [-0.1, -0.05) is 194 Å². The molecule has 818 valence electrons. The lowest BCUT2D eigenvalue weighted by Gasteiger charge is -2.42. The zero-order valence-corrected chi connectivity index (χ0v) is 99.2. The van der Waals surface area contributed by atoms with Gasteiger partial charge in [-0.15, -0.1) is 0 Å². The average molecular weight is 2130 g/mol. The molecule has 2 amide bonds. The number of rotatable bonds is 44. The minimum absolute atomic E-state index is 0.0267. The van der Waals surface area contributed by atoms with Crippen LogP contribution in [0.25, 0.3) is 31.9 Å². The molecule has 13 rings (SSSR count). The van der Waals surface area contributed by atoms with Gasteiger partial charge in [0, 0.05) is 127 Å². The van der Waals surface area contributed by atoms with Crippen LogP contribution in [-0.4, -0.2) is 243 Å². The van der Waals surface area contributed by atoms with E-state index in [0.29, 0.717) is 181 Å². The Labute approximate surface area is 897 Å². The molecule has 9 atom stereocenters. The molecule has 2 saturated heterocycles. The van der Waals surface area contributed by atoms with E-state index < -0.39 is 88.0 Å². The lowest BCUT2D eigenvalue weighted by molar-refractivity contribution is -0.0506. The Morgan fingerprint density at radius 2 is 0.867 bits per heavy atom. The molecule has 32 heteroatoms. The van der Waals surface area contributed by atoms with Gasteiger partial charge in [-0.3, -0.25) is 15.0 Å². The minimum Gasteiger partial charge on any atom is -0.541 e. The van der Waals surface area contributed by atoms with Gasteiger partial charge in [0.1, 0.15) is 59.8 Å². The molecule has 5 aliphatic rings. The van der Waals surface area contributed by atoms with E-state index in [9.17, 15) is 19.8 Å². The molecule has 0 aromatic heterocycles. The highest BCUT2D eigenvalue weighted by molar-refractivity contribution is 6.76. The zero-order chi connectivity index (χ0) is 110. The maximum Gasteiger partial charge on any atom is 0.407 e. The van der Waals surface area contributed by atoms with Gasteiger partial charge in [-0.05, 0) is 188 Å². The standard InChI is InChI=1S/C59H84N4O10Si2.C59H86N4O10Si2/c1-35(2)75(17,36(3)4)72-28-26-40-33-63(27-29-70-40)57(60-10)48-32-45-50(52(64)56(69-14)38(6)54(45)67-12)51(61-48)47(30-39-31-49(73-74(15,16)59(7,8)9)55(68-13)37(5)53(39)66-11)62-58(65)71-34-46-43-24-20-18-22-41(43)42-23-19-21-25-44(42)46;1-37(2)75(17,38(3)4)72-28-26-44-35-63(27-29-70-44)57(60-10)50(31-42-32-51(64)55(68-13)39(5)53(42)66-11)61-34-43(30-41-33-52(73-74(15,16)59(7,8)9)56(69-14)40(6)54(41)67-12)62-58(65)71-36-49-47-24-20-18-22-45(47)46-23-19-21-25-48(46)49/h18-25,31,35-36,40,46-48,51,57,61,64H,26-30,32-34H2,1-9,11-17H3,(H,62,65);18-25,32-33,37-38,43-44,49-50,57,61,64H,26-31,34-36H2,1-9,11-17H3,(H,62,65)/t40-,47?,48?,51?,57?;43?,44-,50?,57?/m00/s1. The van der Waals surface area contributed by atoms with Gasteiger partial charge < -0.3 is 101 Å². The Balaban J connectivity index is 0.000000266. The number of fused-ring (bicyclic) bond motifs is 7. The molecule has 8 aromatic carbocycles. The molecule has 3 aliphatic heterocycles. The second-order valence-electron chi connectivity index (χ2n) is 45.5. The molecular formula is C118H170N8O20Si4. The summed E-state index contributed by atoms with van der Waals surface area (Å²) in [7, 11) is 4.01. The molecule has 2 aliphatic carbocycles. The van der Waals surface area contributed by atoms with Gasteiger partial charge in [-0.2, -0.15) is 0 Å². The Hall–Kier alpha value is -10.6. The third-order valence-electron chi connectivity index (χ3n) is 33.4. The first-order valence-corrected chi connectivity index (χ1v) is 64.2. The Bertz CT molecular complexity index is 5890. The van der Waals surface area contributed by atoms with E-state index in [1.165, 1.54) is 14.2 Å². The summed E-state index contributed by atoms with van der Waals surface area (Å²) in [6.07, 6.45) is -0.317. The van der Waals surface area contributed by atoms with Crippen LogP contribution in [0.1, 0.15) is 200 Å². The summed E-state index contributed by atoms with van der Waals surface area (Å²) in [5.74, 6) is 4.80. The van der Waals surface area contributed by atoms with Crippen molar-refractivity contribution in [2.45, 2.75) is 301 Å². The van der Waals surface area contributed by atoms with Crippen LogP contribution in [0.2, 0.25) is 71.5 Å². The number of phenols is 2. The average Bonchev–Trinajstić information content (AvgIpc) is 1.50. The fraction of sp³-hybridized carbons (Fsp3) is 0.559. The fourth-order valence-electron chi connectivity index (χ4n) is 21.9. The van der Waals surface area contributed by atoms with Crippen molar-refractivity contribution < 1.29 is 94.3 Å². The maximum absolute atomic E-state index is 14.8. The van der Waals surface area contributed by atoms with Crippen molar-refractivity contribution >= 4 is 45.5 Å². The Morgan fingerprint density at radius 1 is 0.487 bits per heavy atom. The molecule has 0 bridgehead atoms. The molecule has 6 N–H and O–H groups in total. The van der Waals surface area contributed by atoms with Crippen LogP contribution in [0.4, 0.5) is 9.59 Å². The van der Waals surface area contributed by atoms with Crippen LogP contribution in [0.5, 0.6) is 69.0 Å². The number of hydrogen-bond acceptors (Lipinski definition) is 24. The highest BCUT2D eigenvalue weighted by atomic mass is 28.4. The van der Waals surface area contributed by atoms with E-state index in [0.717, 1.165) is 72.3 Å². The van der Waals surface area contributed by atoms with Gasteiger partial charge in [0.15, 0.2) is 51.1 Å². The smallest absolute Gasteiger partial charge is 0.407 e. The summed E-state index contributed by atoms with van der Waals surface area (Å²) in [4.78, 5) is 42.3. The van der Waals surface area contributed by atoms with Gasteiger partial charge in [0.05, 0.1) is 94.4 Å². The highest BCUT2D eigenvalue weighted by Crippen LogP contribution is 2.55. The summed E-state index contributed by atoms with van der Waals surface area (Å²) < 4.78 is 101. The second kappa shape index (κ2) is 50.5. The SMILES string of the molecule is [C-]#[N+]C(C(Cc1cc(O)c(OC)c(C)c1OC)NCC(Cc1cc(O[Si](C)(C)C(C)(C)C)c(OC)c(C)c1OC)NC(=O)OCC1c2ccccc2-c2ccccc21)N1CCO[C@@H](CCO[Si](C)(C(C)C)C(C)C)C1.[C-]#[N+]C(C1Cc2c(OC)c(C)c(OC)c(O)c2C(C(Cc2cc(O[Si](C)(C)C(C)(C)C)c(OC)c(C)c2OC)NC(=O)OCC2c3ccccc3-c3ccccc32)N1)N1CCO[C@@H](CCO[Si](C)(C(C)C)C(C)C)C1. The van der Waals surface area contributed by atoms with Crippen LogP contribution in [0.15, 0.2) is 115 Å². The Kier molecular flexibility index (Phi) is 39.8. The molecule has 0 radical (unpaired) electrons. The van der Waals surface area contributed by atoms with Crippen molar-refractivity contribution in [1.82, 2.24) is 31.1 Å². The second-order valence-corrected chi connectivity index (χ2v) is 64.9. The third-order valence-corrected chi connectivity index (χ3v) is 52.9. The summed E-state index contributed by atoms with van der Waals surface area (Å²) in [6, 6.07) is 35.3. The normalized spacial score (nSPS) is 17.6. The van der Waals surface area contributed by atoms with Crippen LogP contribution < -0.4 is 68.0 Å². The number of morpholine rings is 2. The predicted octanol–water partition coefficient (Wildman–Crippen LogP) is 23.7. The zero-order valence-electron chi connectivity index (χ0n) is 95.2. The summed E-state index contributed by atoms with van der Waals surface area (Å²) >= 11 is 0. The number of nitrogens with one attached hydrogen (secondary N) is 4. The molecule has 150 heavy (non-hydrogen) atoms. The number of phenolic OH excluding ortho intramolecular Hbond substituents is 2. The van der Waals surface area contributed by atoms with Crippen molar-refractivity contribution in [3.63, 3.8) is 0 Å². The molecule has 3 heterocycles. The lowest BCUT2D eigenvalue weighted by Crippen LogP contribution is -2.59. The topological polar surface area (TPSA) is 286 Å². The Morgan fingerprint density at radius 3 is 1.27 bits per heavy atom. The molecule has 28 nitrogen and oxygen atoms in total. The largest absolute Gasteiger partial charge is 0.541 e. The van der Waals surface area contributed by atoms with Crippen molar-refractivity contribution in [3.05, 3.63) is 210 Å². The molecule has 0 spiro atoms. The minimum atomic E-state index is -2.42. The summed E-state index contributed by atoms with van der Waals surface area (Å²) in [6.45, 7) is 74.7. The van der Waals surface area contributed by atoms with E-state index in [2.05, 4.69) is 226 Å². The molecular weight excluding hydrogens is 1960 g/mol. The van der Waals surface area contributed by atoms with Gasteiger partial charge >= 0.3 is 12.2 Å². The number of hydrogen-bond donors (Lipinski definition) is 6. The third kappa shape index (κ3) is 25.9. The number of alkyl carbamates (subject to hydrolysis) is 2. The van der Waals surface area contributed by atoms with Crippen molar-refractivity contribution in [1.29, 1.82) is 0 Å². The fourth-order valence-corrected chi connectivity index (χ4v) is 29.1. The van der Waals surface area contributed by atoms with Gasteiger partial charge in [-0.25, -0.2) is 32.5 Å². The van der Waals surface area contributed by atoms with E-state index in [-0.39, 0.29) is 77.5 Å². The summed E-state index contributed by atoms with van der Waals surface area (Å²) in [5, 5.41) is 37.8. The molecule has 0 saturated carbocycles. The number of nitrogens with zero attached hydrogens (tertiary/aromatic N) is 4. The predicted molar refractivity (Wildman–Crippen MR) is 605 cm³/mol. The van der Waals surface area contributed by atoms with E-state index in [4.69, 9.17) is 87.7 Å². The van der Waals surface area contributed by atoms with E-state index in [1.54, 1.807) is 48.7 Å². The summed E-state index contributed by atoms with van der Waals surface area (Å²) in [5.41, 5.74) is 17.1. The maximum atomic E-state index is 14.8. The monoisotopic (exact) mass is 2130 g/mol. The first kappa shape index (κ1) is 118. The number of methoxy groups -OCH3 is 8. The number of benzene rings is 8. The van der Waals surface area contributed by atoms with Gasteiger partial charge in [0.2, 0.25) is 0 Å². The van der Waals surface area contributed by atoms with E-state index in [1.807, 2.05) is 88.4 Å².